The molecular formula is C19H16O3. The van der Waals surface area contributed by atoms with Crippen molar-refractivity contribution in [2.75, 3.05) is 7.11 Å². The van der Waals surface area contributed by atoms with E-state index in [4.69, 9.17) is 9.47 Å². The summed E-state index contributed by atoms with van der Waals surface area (Å²) < 4.78 is 11.2. The Kier molecular flexibility index (Phi) is 4.05. The van der Waals surface area contributed by atoms with E-state index < -0.39 is 0 Å². The molecule has 0 atom stereocenters. The van der Waals surface area contributed by atoms with Crippen molar-refractivity contribution in [2.24, 2.45) is 0 Å². The number of fused-ring (bicyclic) bond motifs is 1. The van der Waals surface area contributed by atoms with Crippen molar-refractivity contribution < 1.29 is 14.3 Å². The van der Waals surface area contributed by atoms with Gasteiger partial charge in [0, 0.05) is 11.1 Å². The van der Waals surface area contributed by atoms with Crippen molar-refractivity contribution >= 4 is 17.1 Å². The van der Waals surface area contributed by atoms with Gasteiger partial charge >= 0.3 is 0 Å². The molecule has 0 aliphatic heterocycles. The van der Waals surface area contributed by atoms with Crippen molar-refractivity contribution in [1.29, 1.82) is 0 Å². The number of benzene rings is 3. The largest absolute Gasteiger partial charge is 0.496 e. The van der Waals surface area contributed by atoms with Crippen molar-refractivity contribution in [3.63, 3.8) is 0 Å². The molecule has 3 aromatic carbocycles. The molecule has 0 unspecified atom stereocenters. The maximum atomic E-state index is 10.9. The van der Waals surface area contributed by atoms with Gasteiger partial charge in [0.1, 0.15) is 24.4 Å². The first-order valence-electron chi connectivity index (χ1n) is 7.04. The predicted octanol–water partition coefficient (Wildman–Crippen LogP) is 4.24. The van der Waals surface area contributed by atoms with Gasteiger partial charge in [-0.25, -0.2) is 0 Å². The number of ether oxygens (including phenoxy) is 2. The zero-order chi connectivity index (χ0) is 15.4. The number of carbonyl (C=O) groups excluding carboxylic acids is 1. The fraction of sp³-hybridized carbons (Fsp3) is 0.105. The Balaban J connectivity index is 1.82. The Morgan fingerprint density at radius 3 is 2.55 bits per heavy atom. The van der Waals surface area contributed by atoms with Gasteiger partial charge in [0.25, 0.3) is 0 Å². The van der Waals surface area contributed by atoms with Crippen molar-refractivity contribution in [3.8, 4) is 11.5 Å². The van der Waals surface area contributed by atoms with Crippen LogP contribution in [0.1, 0.15) is 15.9 Å². The van der Waals surface area contributed by atoms with Gasteiger partial charge in [-0.3, -0.25) is 4.79 Å². The third kappa shape index (κ3) is 2.93. The average Bonchev–Trinajstić information content (AvgIpc) is 2.59. The molecule has 0 saturated heterocycles. The minimum Gasteiger partial charge on any atom is -0.496 e. The van der Waals surface area contributed by atoms with E-state index in [2.05, 4.69) is 12.1 Å². The van der Waals surface area contributed by atoms with Gasteiger partial charge in [-0.05, 0) is 41.1 Å². The Labute approximate surface area is 129 Å². The Morgan fingerprint density at radius 2 is 1.77 bits per heavy atom. The third-order valence-corrected chi connectivity index (χ3v) is 3.56. The minimum absolute atomic E-state index is 0.350. The lowest BCUT2D eigenvalue weighted by Crippen LogP contribution is -2.00. The van der Waals surface area contributed by atoms with Crippen LogP contribution in [-0.2, 0) is 6.61 Å². The lowest BCUT2D eigenvalue weighted by Gasteiger charge is -2.11. The Hall–Kier alpha value is -2.81. The molecule has 22 heavy (non-hydrogen) atoms. The van der Waals surface area contributed by atoms with E-state index in [1.54, 1.807) is 25.3 Å². The van der Waals surface area contributed by atoms with Crippen LogP contribution in [0.25, 0.3) is 10.8 Å². The van der Waals surface area contributed by atoms with Crippen LogP contribution in [-0.4, -0.2) is 13.4 Å². The van der Waals surface area contributed by atoms with Crippen LogP contribution in [0.3, 0.4) is 0 Å². The quantitative estimate of drug-likeness (QED) is 0.660. The molecule has 0 amide bonds. The van der Waals surface area contributed by atoms with E-state index in [-0.39, 0.29) is 0 Å². The molecule has 0 aliphatic carbocycles. The first-order chi connectivity index (χ1) is 10.8. The fourth-order valence-corrected chi connectivity index (χ4v) is 2.40. The van der Waals surface area contributed by atoms with Gasteiger partial charge in [-0.2, -0.15) is 0 Å². The number of methoxy groups -OCH3 is 1. The second-order valence-corrected chi connectivity index (χ2v) is 4.99. The monoisotopic (exact) mass is 292 g/mol. The molecule has 0 fully saturated rings. The molecule has 0 aliphatic rings. The number of rotatable bonds is 5. The highest BCUT2D eigenvalue weighted by Gasteiger charge is 2.06. The Bertz CT molecular complexity index is 809. The molecule has 0 N–H and O–H groups in total. The summed E-state index contributed by atoms with van der Waals surface area (Å²) in [5, 5.41) is 2.31. The van der Waals surface area contributed by atoms with Gasteiger partial charge in [0.05, 0.1) is 7.11 Å². The number of hydrogen-bond donors (Lipinski definition) is 0. The molecule has 0 heterocycles. The molecule has 0 radical (unpaired) electrons. The SMILES string of the molecule is COc1ccc(C=O)cc1COc1ccc2ccccc2c1. The molecule has 3 heteroatoms. The summed E-state index contributed by atoms with van der Waals surface area (Å²) in [5.41, 5.74) is 1.46. The van der Waals surface area contributed by atoms with E-state index >= 15 is 0 Å². The maximum absolute atomic E-state index is 10.9. The van der Waals surface area contributed by atoms with Gasteiger partial charge in [0.2, 0.25) is 0 Å². The second kappa shape index (κ2) is 6.31. The topological polar surface area (TPSA) is 35.5 Å². The fourth-order valence-electron chi connectivity index (χ4n) is 2.40. The smallest absolute Gasteiger partial charge is 0.150 e. The predicted molar refractivity (Wildman–Crippen MR) is 86.7 cm³/mol. The second-order valence-electron chi connectivity index (χ2n) is 4.99. The molecule has 0 saturated carbocycles. The van der Waals surface area contributed by atoms with Crippen molar-refractivity contribution in [2.45, 2.75) is 6.61 Å². The lowest BCUT2D eigenvalue weighted by molar-refractivity contribution is 0.112. The lowest BCUT2D eigenvalue weighted by atomic mass is 10.1. The zero-order valence-corrected chi connectivity index (χ0v) is 12.3. The number of hydrogen-bond acceptors (Lipinski definition) is 3. The minimum atomic E-state index is 0.350. The summed E-state index contributed by atoms with van der Waals surface area (Å²) in [6, 6.07) is 19.4. The van der Waals surface area contributed by atoms with Gasteiger partial charge in [0.15, 0.2) is 0 Å². The molecule has 3 nitrogen and oxygen atoms in total. The highest BCUT2D eigenvalue weighted by Crippen LogP contribution is 2.24. The van der Waals surface area contributed by atoms with E-state index in [9.17, 15) is 4.79 Å². The van der Waals surface area contributed by atoms with Crippen LogP contribution in [0.5, 0.6) is 11.5 Å². The summed E-state index contributed by atoms with van der Waals surface area (Å²) in [6.45, 7) is 0.350. The zero-order valence-electron chi connectivity index (χ0n) is 12.3. The molecule has 3 aromatic rings. The van der Waals surface area contributed by atoms with E-state index in [0.29, 0.717) is 17.9 Å². The summed E-state index contributed by atoms with van der Waals surface area (Å²) in [4.78, 5) is 10.9. The van der Waals surface area contributed by atoms with E-state index in [1.807, 2.05) is 30.3 Å². The van der Waals surface area contributed by atoms with Crippen LogP contribution in [0.2, 0.25) is 0 Å². The normalized spacial score (nSPS) is 10.4. The summed E-state index contributed by atoms with van der Waals surface area (Å²) in [6.07, 6.45) is 0.818. The van der Waals surface area contributed by atoms with Crippen molar-refractivity contribution in [1.82, 2.24) is 0 Å². The summed E-state index contributed by atoms with van der Waals surface area (Å²) >= 11 is 0. The van der Waals surface area contributed by atoms with Gasteiger partial charge in [-0.15, -0.1) is 0 Å². The molecular weight excluding hydrogens is 276 g/mol. The average molecular weight is 292 g/mol. The van der Waals surface area contributed by atoms with Crippen molar-refractivity contribution in [3.05, 3.63) is 71.8 Å². The van der Waals surface area contributed by atoms with E-state index in [0.717, 1.165) is 23.0 Å². The van der Waals surface area contributed by atoms with Crippen LogP contribution in [0, 0.1) is 0 Å². The molecule has 3 rings (SSSR count). The first-order valence-corrected chi connectivity index (χ1v) is 7.04. The highest BCUT2D eigenvalue weighted by atomic mass is 16.5. The van der Waals surface area contributed by atoms with Crippen LogP contribution in [0.15, 0.2) is 60.7 Å². The van der Waals surface area contributed by atoms with Crippen LogP contribution in [0.4, 0.5) is 0 Å². The number of carbonyl (C=O) groups is 1. The molecule has 110 valence electrons. The van der Waals surface area contributed by atoms with Crippen LogP contribution < -0.4 is 9.47 Å². The first kappa shape index (κ1) is 14.1. The highest BCUT2D eigenvalue weighted by molar-refractivity contribution is 5.83. The molecule has 0 aromatic heterocycles. The maximum Gasteiger partial charge on any atom is 0.150 e. The summed E-state index contributed by atoms with van der Waals surface area (Å²) in [7, 11) is 1.61. The summed E-state index contributed by atoms with van der Waals surface area (Å²) in [5.74, 6) is 1.50. The standard InChI is InChI=1S/C19H16O3/c1-21-19-9-6-14(12-20)10-17(19)13-22-18-8-7-15-4-2-3-5-16(15)11-18/h2-12H,13H2,1H3. The molecule has 0 spiro atoms. The number of aldehydes is 1. The Morgan fingerprint density at radius 1 is 0.955 bits per heavy atom. The van der Waals surface area contributed by atoms with Gasteiger partial charge < -0.3 is 9.47 Å². The van der Waals surface area contributed by atoms with E-state index in [1.165, 1.54) is 5.39 Å². The van der Waals surface area contributed by atoms with Crippen LogP contribution >= 0.6 is 0 Å². The third-order valence-electron chi connectivity index (χ3n) is 3.56. The molecule has 0 bridgehead atoms. The van der Waals surface area contributed by atoms with Gasteiger partial charge in [-0.1, -0.05) is 30.3 Å².